The van der Waals surface area contributed by atoms with E-state index < -0.39 is 0 Å². The Bertz CT molecular complexity index is 439. The summed E-state index contributed by atoms with van der Waals surface area (Å²) in [5.41, 5.74) is 1.26. The fourth-order valence-electron chi connectivity index (χ4n) is 3.54. The van der Waals surface area contributed by atoms with Crippen molar-refractivity contribution in [2.45, 2.75) is 44.7 Å². The standard InChI is InChI=1S/C17H28N4/c1-14(18-2)15-6-7-17(19-12-15)21-11-8-16(13-21)20-9-4-3-5-10-20/h6-7,12,14,16,18H,3-5,8-11,13H2,1-2H3. The molecule has 116 valence electrons. The summed E-state index contributed by atoms with van der Waals surface area (Å²) in [5, 5.41) is 3.26. The van der Waals surface area contributed by atoms with Gasteiger partial charge in [0, 0.05) is 31.4 Å². The molecule has 4 heteroatoms. The third kappa shape index (κ3) is 3.38. The number of aromatic nitrogens is 1. The van der Waals surface area contributed by atoms with E-state index >= 15 is 0 Å². The van der Waals surface area contributed by atoms with Gasteiger partial charge in [0.05, 0.1) is 0 Å². The molecule has 0 bridgehead atoms. The molecule has 2 fully saturated rings. The van der Waals surface area contributed by atoms with E-state index in [9.17, 15) is 0 Å². The van der Waals surface area contributed by atoms with Gasteiger partial charge in [0.1, 0.15) is 5.82 Å². The van der Waals surface area contributed by atoms with Crippen LogP contribution in [0.1, 0.15) is 44.2 Å². The van der Waals surface area contributed by atoms with Crippen molar-refractivity contribution in [1.29, 1.82) is 0 Å². The van der Waals surface area contributed by atoms with Crippen molar-refractivity contribution in [3.63, 3.8) is 0 Å². The molecular weight excluding hydrogens is 260 g/mol. The fourth-order valence-corrected chi connectivity index (χ4v) is 3.54. The van der Waals surface area contributed by atoms with Gasteiger partial charge in [-0.1, -0.05) is 12.5 Å². The molecule has 0 spiro atoms. The Morgan fingerprint density at radius 3 is 2.67 bits per heavy atom. The molecule has 1 aromatic heterocycles. The number of nitrogens with one attached hydrogen (secondary N) is 1. The van der Waals surface area contributed by atoms with Gasteiger partial charge in [0.2, 0.25) is 0 Å². The predicted octanol–water partition coefficient (Wildman–Crippen LogP) is 2.43. The van der Waals surface area contributed by atoms with Gasteiger partial charge in [-0.05, 0) is 58.0 Å². The fraction of sp³-hybridized carbons (Fsp3) is 0.706. The van der Waals surface area contributed by atoms with E-state index in [2.05, 4.69) is 39.2 Å². The molecule has 1 aromatic rings. The normalized spacial score (nSPS) is 25.2. The van der Waals surface area contributed by atoms with Crippen LogP contribution in [0.4, 0.5) is 5.82 Å². The zero-order chi connectivity index (χ0) is 14.7. The van der Waals surface area contributed by atoms with Crippen LogP contribution in [0.2, 0.25) is 0 Å². The Morgan fingerprint density at radius 1 is 1.19 bits per heavy atom. The van der Waals surface area contributed by atoms with E-state index in [0.29, 0.717) is 6.04 Å². The van der Waals surface area contributed by atoms with Crippen LogP contribution >= 0.6 is 0 Å². The second kappa shape index (κ2) is 6.75. The molecule has 4 nitrogen and oxygen atoms in total. The molecule has 0 aromatic carbocycles. The van der Waals surface area contributed by atoms with E-state index in [4.69, 9.17) is 0 Å². The molecule has 1 N–H and O–H groups in total. The summed E-state index contributed by atoms with van der Waals surface area (Å²) in [6.45, 7) is 7.05. The first-order chi connectivity index (χ1) is 10.3. The molecule has 0 saturated carbocycles. The first-order valence-corrected chi connectivity index (χ1v) is 8.40. The van der Waals surface area contributed by atoms with Gasteiger partial charge in [-0.3, -0.25) is 4.90 Å². The van der Waals surface area contributed by atoms with E-state index in [1.165, 1.54) is 44.3 Å². The Kier molecular flexibility index (Phi) is 4.76. The molecule has 2 atom stereocenters. The Morgan fingerprint density at radius 2 is 2.00 bits per heavy atom. The highest BCUT2D eigenvalue weighted by Crippen LogP contribution is 2.24. The summed E-state index contributed by atoms with van der Waals surface area (Å²) in [7, 11) is 1.99. The van der Waals surface area contributed by atoms with Crippen LogP contribution in [0.3, 0.4) is 0 Å². The highest BCUT2D eigenvalue weighted by atomic mass is 15.3. The molecule has 3 rings (SSSR count). The highest BCUT2D eigenvalue weighted by Gasteiger charge is 2.29. The largest absolute Gasteiger partial charge is 0.355 e. The minimum Gasteiger partial charge on any atom is -0.355 e. The third-order valence-corrected chi connectivity index (χ3v) is 5.10. The van der Waals surface area contributed by atoms with E-state index in [1.807, 2.05) is 13.2 Å². The molecule has 0 aliphatic carbocycles. The maximum Gasteiger partial charge on any atom is 0.128 e. The Hall–Kier alpha value is -1.13. The van der Waals surface area contributed by atoms with Crippen molar-refractivity contribution in [2.24, 2.45) is 0 Å². The number of anilines is 1. The highest BCUT2D eigenvalue weighted by molar-refractivity contribution is 5.41. The summed E-state index contributed by atoms with van der Waals surface area (Å²) in [4.78, 5) is 9.82. The molecule has 2 saturated heterocycles. The van der Waals surface area contributed by atoms with Crippen LogP contribution in [0.5, 0.6) is 0 Å². The lowest BCUT2D eigenvalue weighted by molar-refractivity contribution is 0.175. The van der Waals surface area contributed by atoms with Gasteiger partial charge in [-0.2, -0.15) is 0 Å². The number of hydrogen-bond donors (Lipinski definition) is 1. The average Bonchev–Trinajstić information content (AvgIpc) is 3.05. The monoisotopic (exact) mass is 288 g/mol. The lowest BCUT2D eigenvalue weighted by Gasteiger charge is -2.32. The van der Waals surface area contributed by atoms with Crippen molar-refractivity contribution in [2.75, 3.05) is 38.1 Å². The third-order valence-electron chi connectivity index (χ3n) is 5.10. The van der Waals surface area contributed by atoms with Crippen molar-refractivity contribution >= 4 is 5.82 Å². The average molecular weight is 288 g/mol. The van der Waals surface area contributed by atoms with Crippen molar-refractivity contribution in [3.8, 4) is 0 Å². The van der Waals surface area contributed by atoms with Gasteiger partial charge in [0.25, 0.3) is 0 Å². The number of piperidine rings is 1. The molecule has 3 heterocycles. The molecule has 0 amide bonds. The molecular formula is C17H28N4. The summed E-state index contributed by atoms with van der Waals surface area (Å²) in [5.74, 6) is 1.14. The quantitative estimate of drug-likeness (QED) is 0.922. The molecule has 0 radical (unpaired) electrons. The first-order valence-electron chi connectivity index (χ1n) is 8.40. The SMILES string of the molecule is CNC(C)c1ccc(N2CCC(N3CCCCC3)C2)nc1. The lowest BCUT2D eigenvalue weighted by atomic mass is 10.1. The van der Waals surface area contributed by atoms with Crippen molar-refractivity contribution in [1.82, 2.24) is 15.2 Å². The van der Waals surface area contributed by atoms with Crippen LogP contribution in [0, 0.1) is 0 Å². The zero-order valence-corrected chi connectivity index (χ0v) is 13.4. The van der Waals surface area contributed by atoms with Gasteiger partial charge < -0.3 is 10.2 Å². The number of pyridine rings is 1. The van der Waals surface area contributed by atoms with E-state index in [-0.39, 0.29) is 0 Å². The van der Waals surface area contributed by atoms with Crippen LogP contribution in [-0.4, -0.2) is 49.2 Å². The number of hydrogen-bond acceptors (Lipinski definition) is 4. The molecule has 2 unspecified atom stereocenters. The zero-order valence-electron chi connectivity index (χ0n) is 13.4. The summed E-state index contributed by atoms with van der Waals surface area (Å²) >= 11 is 0. The Balaban J connectivity index is 1.60. The summed E-state index contributed by atoms with van der Waals surface area (Å²) in [6.07, 6.45) is 7.48. The maximum atomic E-state index is 4.68. The minimum absolute atomic E-state index is 0.367. The molecule has 21 heavy (non-hydrogen) atoms. The topological polar surface area (TPSA) is 31.4 Å². The van der Waals surface area contributed by atoms with Gasteiger partial charge >= 0.3 is 0 Å². The van der Waals surface area contributed by atoms with Crippen LogP contribution < -0.4 is 10.2 Å². The number of nitrogens with zero attached hydrogens (tertiary/aromatic N) is 3. The number of rotatable bonds is 4. The van der Waals surface area contributed by atoms with Crippen molar-refractivity contribution < 1.29 is 0 Å². The van der Waals surface area contributed by atoms with Gasteiger partial charge in [-0.15, -0.1) is 0 Å². The van der Waals surface area contributed by atoms with Gasteiger partial charge in [0.15, 0.2) is 0 Å². The van der Waals surface area contributed by atoms with Crippen LogP contribution in [0.25, 0.3) is 0 Å². The molecule has 2 aliphatic rings. The van der Waals surface area contributed by atoms with Crippen LogP contribution in [-0.2, 0) is 0 Å². The second-order valence-corrected chi connectivity index (χ2v) is 6.45. The van der Waals surface area contributed by atoms with Crippen LogP contribution in [0.15, 0.2) is 18.3 Å². The molecule has 2 aliphatic heterocycles. The van der Waals surface area contributed by atoms with E-state index in [1.54, 1.807) is 0 Å². The van der Waals surface area contributed by atoms with Crippen molar-refractivity contribution in [3.05, 3.63) is 23.9 Å². The summed E-state index contributed by atoms with van der Waals surface area (Å²) in [6, 6.07) is 5.49. The summed E-state index contributed by atoms with van der Waals surface area (Å²) < 4.78 is 0. The maximum absolute atomic E-state index is 4.68. The second-order valence-electron chi connectivity index (χ2n) is 6.45. The minimum atomic E-state index is 0.367. The van der Waals surface area contributed by atoms with E-state index in [0.717, 1.165) is 24.9 Å². The first kappa shape index (κ1) is 14.8. The smallest absolute Gasteiger partial charge is 0.128 e. The van der Waals surface area contributed by atoms with Gasteiger partial charge in [-0.25, -0.2) is 4.98 Å². The predicted molar refractivity (Wildman–Crippen MR) is 87.8 cm³/mol. The number of likely N-dealkylation sites (tertiary alicyclic amines) is 1. The lowest BCUT2D eigenvalue weighted by Crippen LogP contribution is -2.40. The Labute approximate surface area is 128 Å².